The molecule has 0 unspecified atom stereocenters. The maximum absolute atomic E-state index is 12.8. The van der Waals surface area contributed by atoms with Crippen molar-refractivity contribution in [3.63, 3.8) is 0 Å². The second-order valence-corrected chi connectivity index (χ2v) is 4.90. The van der Waals surface area contributed by atoms with Gasteiger partial charge in [0.1, 0.15) is 4.91 Å². The minimum absolute atomic E-state index is 0.0261. The van der Waals surface area contributed by atoms with Crippen LogP contribution >= 0.6 is 0 Å². The molecular formula is C7H6F4O2S. The van der Waals surface area contributed by atoms with Crippen molar-refractivity contribution in [2.24, 2.45) is 0 Å². The Balaban J connectivity index is 3.33. The Morgan fingerprint density at radius 1 is 1.14 bits per heavy atom. The van der Waals surface area contributed by atoms with E-state index in [1.54, 1.807) is 0 Å². The number of rotatable bonds is 1. The lowest BCUT2D eigenvalue weighted by Gasteiger charge is -2.21. The Labute approximate surface area is 77.8 Å². The Morgan fingerprint density at radius 2 is 1.64 bits per heavy atom. The molecule has 0 fully saturated rings. The third-order valence-electron chi connectivity index (χ3n) is 1.57. The second kappa shape index (κ2) is 2.82. The molecule has 1 aliphatic carbocycles. The summed E-state index contributed by atoms with van der Waals surface area (Å²) in [6.07, 6.45) is 0.0926. The molecule has 0 radical (unpaired) electrons. The summed E-state index contributed by atoms with van der Waals surface area (Å²) in [6, 6.07) is 0. The average molecular weight is 230 g/mol. The fraction of sp³-hybridized carbons (Fsp3) is 0.429. The van der Waals surface area contributed by atoms with E-state index in [4.69, 9.17) is 0 Å². The molecule has 0 aromatic heterocycles. The zero-order valence-electron chi connectivity index (χ0n) is 6.97. The smallest absolute Gasteiger partial charge is 0.224 e. The van der Waals surface area contributed by atoms with Crippen molar-refractivity contribution >= 4 is 9.84 Å². The average Bonchev–Trinajstić information content (AvgIpc) is 1.93. The van der Waals surface area contributed by atoms with Crippen LogP contribution in [0.25, 0.3) is 0 Å². The van der Waals surface area contributed by atoms with Gasteiger partial charge in [0.25, 0.3) is 5.92 Å². The summed E-state index contributed by atoms with van der Waals surface area (Å²) in [5.74, 6) is -7.49. The van der Waals surface area contributed by atoms with Crippen molar-refractivity contribution in [1.82, 2.24) is 0 Å². The van der Waals surface area contributed by atoms with Crippen LogP contribution in [-0.4, -0.2) is 26.5 Å². The molecular weight excluding hydrogens is 224 g/mol. The summed E-state index contributed by atoms with van der Waals surface area (Å²) >= 11 is 0. The third-order valence-corrected chi connectivity index (χ3v) is 2.76. The highest BCUT2D eigenvalue weighted by Crippen LogP contribution is 2.37. The van der Waals surface area contributed by atoms with Gasteiger partial charge < -0.3 is 0 Å². The highest BCUT2D eigenvalue weighted by molar-refractivity contribution is 7.94. The Morgan fingerprint density at radius 3 is 2.00 bits per heavy atom. The molecule has 0 spiro atoms. The van der Waals surface area contributed by atoms with Crippen LogP contribution in [0.3, 0.4) is 0 Å². The highest BCUT2D eigenvalue weighted by atomic mass is 32.2. The van der Waals surface area contributed by atoms with E-state index in [9.17, 15) is 26.0 Å². The lowest BCUT2D eigenvalue weighted by molar-refractivity contribution is 0.0676. The minimum Gasteiger partial charge on any atom is -0.224 e. The molecule has 80 valence electrons. The molecule has 7 heteroatoms. The first-order valence-electron chi connectivity index (χ1n) is 3.44. The quantitative estimate of drug-likeness (QED) is 0.508. The predicted molar refractivity (Wildman–Crippen MR) is 42.0 cm³/mol. The lowest BCUT2D eigenvalue weighted by atomic mass is 10.1. The van der Waals surface area contributed by atoms with Crippen molar-refractivity contribution in [3.8, 4) is 0 Å². The van der Waals surface area contributed by atoms with Gasteiger partial charge in [-0.25, -0.2) is 8.42 Å². The molecule has 0 saturated carbocycles. The van der Waals surface area contributed by atoms with Crippen LogP contribution in [0.5, 0.6) is 0 Å². The topological polar surface area (TPSA) is 34.1 Å². The standard InChI is InChI=1S/C7H6F4O2S/c1-14(12,13)5-4-6(8,9)2-3-7(5,10)11/h2-4H,1H3. The van der Waals surface area contributed by atoms with Gasteiger partial charge >= 0.3 is 5.92 Å². The molecule has 0 bridgehead atoms. The maximum Gasteiger partial charge on any atom is 0.302 e. The molecule has 0 amide bonds. The maximum atomic E-state index is 12.8. The van der Waals surface area contributed by atoms with Crippen LogP contribution in [-0.2, 0) is 9.84 Å². The molecule has 1 aliphatic rings. The molecule has 2 nitrogen and oxygen atoms in total. The largest absolute Gasteiger partial charge is 0.302 e. The monoisotopic (exact) mass is 230 g/mol. The number of halogens is 4. The van der Waals surface area contributed by atoms with Gasteiger partial charge in [-0.3, -0.25) is 0 Å². The number of allylic oxidation sites excluding steroid dienone is 4. The van der Waals surface area contributed by atoms with Gasteiger partial charge in [-0.1, -0.05) is 0 Å². The molecule has 14 heavy (non-hydrogen) atoms. The number of alkyl halides is 4. The third kappa shape index (κ3) is 2.14. The van der Waals surface area contributed by atoms with Crippen LogP contribution in [0.4, 0.5) is 17.6 Å². The Kier molecular flexibility index (Phi) is 2.26. The van der Waals surface area contributed by atoms with E-state index in [1.165, 1.54) is 0 Å². The number of hydrogen-bond donors (Lipinski definition) is 0. The molecule has 0 aliphatic heterocycles. The molecule has 0 atom stereocenters. The first kappa shape index (κ1) is 11.2. The Hall–Kier alpha value is -0.850. The first-order valence-corrected chi connectivity index (χ1v) is 5.33. The van der Waals surface area contributed by atoms with E-state index in [-0.39, 0.29) is 18.2 Å². The van der Waals surface area contributed by atoms with Crippen LogP contribution in [0.15, 0.2) is 23.1 Å². The van der Waals surface area contributed by atoms with E-state index in [0.29, 0.717) is 6.26 Å². The number of hydrogen-bond acceptors (Lipinski definition) is 2. The van der Waals surface area contributed by atoms with Gasteiger partial charge in [0.2, 0.25) is 0 Å². The molecule has 0 saturated heterocycles. The van der Waals surface area contributed by atoms with E-state index in [2.05, 4.69) is 0 Å². The fourth-order valence-corrected chi connectivity index (χ4v) is 1.90. The molecule has 0 aromatic rings. The summed E-state index contributed by atoms with van der Waals surface area (Å²) in [5, 5.41) is 0. The SMILES string of the molecule is CS(=O)(=O)C1=CC(F)(F)C=CC1(F)F. The van der Waals surface area contributed by atoms with Gasteiger partial charge in [-0.05, 0) is 12.2 Å². The molecule has 0 aromatic carbocycles. The minimum atomic E-state index is -4.32. The van der Waals surface area contributed by atoms with Gasteiger partial charge in [-0.2, -0.15) is 17.6 Å². The fourth-order valence-electron chi connectivity index (χ4n) is 0.971. The van der Waals surface area contributed by atoms with Crippen LogP contribution in [0.2, 0.25) is 0 Å². The normalized spacial score (nSPS) is 24.5. The zero-order chi connectivity index (χ0) is 11.2. The van der Waals surface area contributed by atoms with Gasteiger partial charge in [0, 0.05) is 12.3 Å². The van der Waals surface area contributed by atoms with Crippen molar-refractivity contribution in [3.05, 3.63) is 23.1 Å². The molecule has 0 N–H and O–H groups in total. The van der Waals surface area contributed by atoms with Gasteiger partial charge in [0.05, 0.1) is 0 Å². The lowest BCUT2D eigenvalue weighted by Crippen LogP contribution is -2.29. The van der Waals surface area contributed by atoms with E-state index < -0.39 is 26.6 Å². The summed E-state index contributed by atoms with van der Waals surface area (Å²) in [6.45, 7) is 0. The van der Waals surface area contributed by atoms with Crippen molar-refractivity contribution in [2.45, 2.75) is 11.8 Å². The Bertz CT molecular complexity index is 405. The van der Waals surface area contributed by atoms with Gasteiger partial charge in [-0.15, -0.1) is 0 Å². The second-order valence-electron chi connectivity index (χ2n) is 2.91. The summed E-state index contributed by atoms with van der Waals surface area (Å²) in [4.78, 5) is -1.56. The van der Waals surface area contributed by atoms with Crippen LogP contribution in [0.1, 0.15) is 0 Å². The van der Waals surface area contributed by atoms with Crippen molar-refractivity contribution in [2.75, 3.05) is 6.26 Å². The van der Waals surface area contributed by atoms with Crippen molar-refractivity contribution < 1.29 is 26.0 Å². The highest BCUT2D eigenvalue weighted by Gasteiger charge is 2.45. The van der Waals surface area contributed by atoms with E-state index in [0.717, 1.165) is 0 Å². The van der Waals surface area contributed by atoms with Crippen LogP contribution < -0.4 is 0 Å². The first-order chi connectivity index (χ1) is 6.05. The van der Waals surface area contributed by atoms with E-state index in [1.807, 2.05) is 0 Å². The van der Waals surface area contributed by atoms with Gasteiger partial charge in [0.15, 0.2) is 9.84 Å². The molecule has 1 rings (SSSR count). The summed E-state index contributed by atoms with van der Waals surface area (Å²) in [7, 11) is -4.32. The summed E-state index contributed by atoms with van der Waals surface area (Å²) < 4.78 is 72.4. The number of sulfone groups is 1. The molecule has 0 heterocycles. The predicted octanol–water partition coefficient (Wildman–Crippen LogP) is 1.76. The zero-order valence-corrected chi connectivity index (χ0v) is 7.79. The van der Waals surface area contributed by atoms with E-state index >= 15 is 0 Å². The van der Waals surface area contributed by atoms with Crippen LogP contribution in [0, 0.1) is 0 Å². The van der Waals surface area contributed by atoms with Crippen molar-refractivity contribution in [1.29, 1.82) is 0 Å². The summed E-state index contributed by atoms with van der Waals surface area (Å²) in [5.41, 5.74) is 0.